The topological polar surface area (TPSA) is 68.7 Å². The molecule has 1 N–H and O–H groups in total. The Morgan fingerprint density at radius 1 is 1.30 bits per heavy atom. The number of carboxylic acids is 1. The van der Waals surface area contributed by atoms with Gasteiger partial charge in [0.1, 0.15) is 0 Å². The molecule has 0 aliphatic heterocycles. The maximum atomic E-state index is 11.0. The SMILES string of the molecule is COc1cc2ccnc(CC(C)C(=O)O)c2cc1OC. The number of benzene rings is 1. The number of carboxylic acid groups (broad SMARTS) is 1. The van der Waals surface area contributed by atoms with Crippen molar-refractivity contribution in [2.24, 2.45) is 5.92 Å². The van der Waals surface area contributed by atoms with E-state index in [0.717, 1.165) is 16.5 Å². The molecule has 2 aromatic rings. The predicted molar refractivity (Wildman–Crippen MR) is 75.4 cm³/mol. The quantitative estimate of drug-likeness (QED) is 0.908. The first kappa shape index (κ1) is 14.1. The van der Waals surface area contributed by atoms with E-state index in [2.05, 4.69) is 4.98 Å². The number of hydrogen-bond donors (Lipinski definition) is 1. The van der Waals surface area contributed by atoms with Crippen LogP contribution in [-0.2, 0) is 11.2 Å². The lowest BCUT2D eigenvalue weighted by Crippen LogP contribution is -2.13. The highest BCUT2D eigenvalue weighted by Gasteiger charge is 2.16. The van der Waals surface area contributed by atoms with Crippen LogP contribution in [-0.4, -0.2) is 30.3 Å². The molecule has 0 saturated carbocycles. The Morgan fingerprint density at radius 2 is 1.95 bits per heavy atom. The molecular formula is C15H17NO4. The molecule has 2 rings (SSSR count). The summed E-state index contributed by atoms with van der Waals surface area (Å²) < 4.78 is 10.5. The number of ether oxygens (including phenoxy) is 2. The number of rotatable bonds is 5. The van der Waals surface area contributed by atoms with Crippen LogP contribution in [0.25, 0.3) is 10.8 Å². The molecule has 0 fully saturated rings. The molecule has 0 bridgehead atoms. The predicted octanol–water partition coefficient (Wildman–Crippen LogP) is 2.52. The van der Waals surface area contributed by atoms with Gasteiger partial charge in [-0.15, -0.1) is 0 Å². The first-order valence-electron chi connectivity index (χ1n) is 6.29. The highest BCUT2D eigenvalue weighted by Crippen LogP contribution is 2.33. The van der Waals surface area contributed by atoms with E-state index in [1.54, 1.807) is 27.3 Å². The summed E-state index contributed by atoms with van der Waals surface area (Å²) in [6, 6.07) is 5.57. The molecule has 1 aromatic carbocycles. The van der Waals surface area contributed by atoms with Crippen LogP contribution in [0.1, 0.15) is 12.6 Å². The summed E-state index contributed by atoms with van der Waals surface area (Å²) in [4.78, 5) is 15.3. The Bertz CT molecular complexity index is 639. The number of fused-ring (bicyclic) bond motifs is 1. The maximum absolute atomic E-state index is 11.0. The van der Waals surface area contributed by atoms with Crippen molar-refractivity contribution in [3.8, 4) is 11.5 Å². The summed E-state index contributed by atoms with van der Waals surface area (Å²) in [6.07, 6.45) is 2.06. The highest BCUT2D eigenvalue weighted by atomic mass is 16.5. The average molecular weight is 275 g/mol. The van der Waals surface area contributed by atoms with Gasteiger partial charge < -0.3 is 14.6 Å². The molecule has 0 aliphatic carbocycles. The van der Waals surface area contributed by atoms with E-state index in [9.17, 15) is 4.79 Å². The van der Waals surface area contributed by atoms with Gasteiger partial charge in [-0.05, 0) is 23.6 Å². The minimum absolute atomic E-state index is 0.377. The van der Waals surface area contributed by atoms with E-state index in [1.165, 1.54) is 0 Å². The largest absolute Gasteiger partial charge is 0.493 e. The van der Waals surface area contributed by atoms with Crippen molar-refractivity contribution in [2.75, 3.05) is 14.2 Å². The third-order valence-electron chi connectivity index (χ3n) is 3.27. The van der Waals surface area contributed by atoms with E-state index in [1.807, 2.05) is 18.2 Å². The number of aromatic nitrogens is 1. The van der Waals surface area contributed by atoms with Gasteiger partial charge in [-0.25, -0.2) is 0 Å². The fourth-order valence-electron chi connectivity index (χ4n) is 2.10. The number of aliphatic carboxylic acids is 1. The third-order valence-corrected chi connectivity index (χ3v) is 3.27. The molecule has 0 amide bonds. The first-order chi connectivity index (χ1) is 9.56. The van der Waals surface area contributed by atoms with Gasteiger partial charge in [-0.3, -0.25) is 9.78 Å². The van der Waals surface area contributed by atoms with Crippen molar-refractivity contribution in [3.63, 3.8) is 0 Å². The molecule has 0 radical (unpaired) electrons. The Hall–Kier alpha value is -2.30. The van der Waals surface area contributed by atoms with Crippen LogP contribution >= 0.6 is 0 Å². The number of carbonyl (C=O) groups is 1. The highest BCUT2D eigenvalue weighted by molar-refractivity contribution is 5.88. The van der Waals surface area contributed by atoms with E-state index >= 15 is 0 Å². The van der Waals surface area contributed by atoms with Gasteiger partial charge in [0.15, 0.2) is 11.5 Å². The average Bonchev–Trinajstić information content (AvgIpc) is 2.45. The molecule has 5 heteroatoms. The number of pyridine rings is 1. The van der Waals surface area contributed by atoms with E-state index in [4.69, 9.17) is 14.6 Å². The van der Waals surface area contributed by atoms with Crippen molar-refractivity contribution in [2.45, 2.75) is 13.3 Å². The van der Waals surface area contributed by atoms with Crippen molar-refractivity contribution < 1.29 is 19.4 Å². The molecule has 0 spiro atoms. The van der Waals surface area contributed by atoms with Gasteiger partial charge in [-0.1, -0.05) is 6.92 Å². The summed E-state index contributed by atoms with van der Waals surface area (Å²) >= 11 is 0. The van der Waals surface area contributed by atoms with E-state index in [-0.39, 0.29) is 0 Å². The van der Waals surface area contributed by atoms with E-state index < -0.39 is 11.9 Å². The van der Waals surface area contributed by atoms with Crippen LogP contribution in [0.5, 0.6) is 11.5 Å². The summed E-state index contributed by atoms with van der Waals surface area (Å²) in [5, 5.41) is 10.9. The Balaban J connectivity index is 2.53. The standard InChI is InChI=1S/C15H17NO4/c1-9(15(17)18)6-12-11-8-14(20-3)13(19-2)7-10(11)4-5-16-12/h4-5,7-9H,6H2,1-3H3,(H,17,18). The number of hydrogen-bond acceptors (Lipinski definition) is 4. The Kier molecular flexibility index (Phi) is 4.08. The van der Waals surface area contributed by atoms with Crippen LogP contribution in [0.2, 0.25) is 0 Å². The molecule has 1 unspecified atom stereocenters. The molecule has 0 aliphatic rings. The van der Waals surface area contributed by atoms with Crippen LogP contribution in [0, 0.1) is 5.92 Å². The van der Waals surface area contributed by atoms with Crippen LogP contribution < -0.4 is 9.47 Å². The number of methoxy groups -OCH3 is 2. The smallest absolute Gasteiger partial charge is 0.306 e. The molecule has 5 nitrogen and oxygen atoms in total. The van der Waals surface area contributed by atoms with Gasteiger partial charge in [0.2, 0.25) is 0 Å². The summed E-state index contributed by atoms with van der Waals surface area (Å²) in [5.74, 6) is -0.0638. The van der Waals surface area contributed by atoms with Crippen molar-refractivity contribution in [3.05, 3.63) is 30.1 Å². The van der Waals surface area contributed by atoms with Gasteiger partial charge in [0.25, 0.3) is 0 Å². The Morgan fingerprint density at radius 3 is 2.55 bits per heavy atom. The van der Waals surface area contributed by atoms with Gasteiger partial charge in [-0.2, -0.15) is 0 Å². The third kappa shape index (κ3) is 2.66. The number of nitrogens with zero attached hydrogens (tertiary/aromatic N) is 1. The minimum Gasteiger partial charge on any atom is -0.493 e. The second-order valence-electron chi connectivity index (χ2n) is 4.63. The fourth-order valence-corrected chi connectivity index (χ4v) is 2.10. The van der Waals surface area contributed by atoms with Crippen molar-refractivity contribution in [1.82, 2.24) is 4.98 Å². The lowest BCUT2D eigenvalue weighted by molar-refractivity contribution is -0.141. The van der Waals surface area contributed by atoms with Crippen LogP contribution in [0.4, 0.5) is 0 Å². The van der Waals surface area contributed by atoms with Crippen LogP contribution in [0.3, 0.4) is 0 Å². The lowest BCUT2D eigenvalue weighted by atomic mass is 10.0. The molecule has 106 valence electrons. The van der Waals surface area contributed by atoms with Gasteiger partial charge >= 0.3 is 5.97 Å². The molecule has 1 atom stereocenters. The van der Waals surface area contributed by atoms with Gasteiger partial charge in [0, 0.05) is 23.7 Å². The van der Waals surface area contributed by atoms with Crippen molar-refractivity contribution in [1.29, 1.82) is 0 Å². The van der Waals surface area contributed by atoms with Gasteiger partial charge in [0.05, 0.1) is 20.1 Å². The Labute approximate surface area is 117 Å². The summed E-state index contributed by atoms with van der Waals surface area (Å²) in [6.45, 7) is 1.67. The minimum atomic E-state index is -0.829. The summed E-state index contributed by atoms with van der Waals surface area (Å²) in [7, 11) is 3.15. The molecule has 1 heterocycles. The normalized spacial score (nSPS) is 12.2. The fraction of sp³-hybridized carbons (Fsp3) is 0.333. The molecule has 20 heavy (non-hydrogen) atoms. The second kappa shape index (κ2) is 5.77. The molecule has 0 saturated heterocycles. The van der Waals surface area contributed by atoms with E-state index in [0.29, 0.717) is 17.9 Å². The first-order valence-corrected chi connectivity index (χ1v) is 6.29. The molecule has 1 aromatic heterocycles. The van der Waals surface area contributed by atoms with Crippen LogP contribution in [0.15, 0.2) is 24.4 Å². The zero-order valence-electron chi connectivity index (χ0n) is 11.7. The lowest BCUT2D eigenvalue weighted by Gasteiger charge is -2.12. The monoisotopic (exact) mass is 275 g/mol. The molecular weight excluding hydrogens is 258 g/mol. The van der Waals surface area contributed by atoms with Crippen molar-refractivity contribution >= 4 is 16.7 Å². The zero-order chi connectivity index (χ0) is 14.7. The summed E-state index contributed by atoms with van der Waals surface area (Å²) in [5.41, 5.74) is 0.748. The maximum Gasteiger partial charge on any atom is 0.306 e. The second-order valence-corrected chi connectivity index (χ2v) is 4.63. The zero-order valence-corrected chi connectivity index (χ0v) is 11.7.